The van der Waals surface area contributed by atoms with E-state index in [1.165, 1.54) is 5.56 Å². The second kappa shape index (κ2) is 5.97. The number of carbonyl (C=O) groups excluding carboxylic acids is 1. The zero-order valence-electron chi connectivity index (χ0n) is 14.8. The quantitative estimate of drug-likeness (QED) is 0.905. The molecule has 24 heavy (non-hydrogen) atoms. The highest BCUT2D eigenvalue weighted by Gasteiger charge is 2.47. The van der Waals surface area contributed by atoms with Crippen molar-refractivity contribution in [2.24, 2.45) is 0 Å². The molecule has 1 saturated carbocycles. The number of ether oxygens (including phenoxy) is 1. The van der Waals surface area contributed by atoms with E-state index < -0.39 is 0 Å². The zero-order valence-corrected chi connectivity index (χ0v) is 14.8. The van der Waals surface area contributed by atoms with Gasteiger partial charge in [0.15, 0.2) is 0 Å². The van der Waals surface area contributed by atoms with Crippen LogP contribution >= 0.6 is 0 Å². The second-order valence-electron chi connectivity index (χ2n) is 7.56. The van der Waals surface area contributed by atoms with Crippen LogP contribution in [0.1, 0.15) is 55.1 Å². The third kappa shape index (κ3) is 3.16. The van der Waals surface area contributed by atoms with Crippen LogP contribution in [0.4, 0.5) is 0 Å². The summed E-state index contributed by atoms with van der Waals surface area (Å²) < 4.78 is 5.46. The second-order valence-corrected chi connectivity index (χ2v) is 7.56. The number of hydrogen-bond donors (Lipinski definition) is 1. The van der Waals surface area contributed by atoms with Crippen molar-refractivity contribution in [1.82, 2.24) is 5.32 Å². The molecule has 1 amide bonds. The van der Waals surface area contributed by atoms with Crippen LogP contribution in [0.2, 0.25) is 0 Å². The summed E-state index contributed by atoms with van der Waals surface area (Å²) in [5.41, 5.74) is 2.79. The number of hydrogen-bond acceptors (Lipinski definition) is 2. The maximum Gasteiger partial charge on any atom is 0.251 e. The molecule has 0 aromatic heterocycles. The SMILES string of the molecule is COc1ccccc1C1(NC(=O)c2ccc(C(C)(C)C)cc2)CC1. The predicted octanol–water partition coefficient (Wildman–Crippen LogP) is 4.41. The van der Waals surface area contributed by atoms with Gasteiger partial charge in [-0.1, -0.05) is 51.1 Å². The molecular weight excluding hydrogens is 298 g/mol. The molecule has 0 atom stereocenters. The summed E-state index contributed by atoms with van der Waals surface area (Å²) in [6, 6.07) is 15.8. The maximum absolute atomic E-state index is 12.7. The van der Waals surface area contributed by atoms with Crippen LogP contribution in [0.25, 0.3) is 0 Å². The number of rotatable bonds is 4. The molecular formula is C21H25NO2. The van der Waals surface area contributed by atoms with Gasteiger partial charge in [0.05, 0.1) is 12.6 Å². The fourth-order valence-corrected chi connectivity index (χ4v) is 3.04. The molecule has 1 aliphatic rings. The van der Waals surface area contributed by atoms with Crippen LogP contribution in [0.15, 0.2) is 48.5 Å². The lowest BCUT2D eigenvalue weighted by Crippen LogP contribution is -2.35. The fourth-order valence-electron chi connectivity index (χ4n) is 3.04. The Bertz CT molecular complexity index is 737. The van der Waals surface area contributed by atoms with Gasteiger partial charge in [0, 0.05) is 11.1 Å². The van der Waals surface area contributed by atoms with Crippen LogP contribution in [-0.4, -0.2) is 13.0 Å². The summed E-state index contributed by atoms with van der Waals surface area (Å²) in [5, 5.41) is 3.21. The number of nitrogens with one attached hydrogen (secondary N) is 1. The summed E-state index contributed by atoms with van der Waals surface area (Å²) in [6.45, 7) is 6.51. The Morgan fingerprint density at radius 3 is 2.21 bits per heavy atom. The van der Waals surface area contributed by atoms with E-state index in [9.17, 15) is 4.79 Å². The van der Waals surface area contributed by atoms with Gasteiger partial charge in [0.1, 0.15) is 5.75 Å². The van der Waals surface area contributed by atoms with Crippen molar-refractivity contribution >= 4 is 5.91 Å². The number of para-hydroxylation sites is 1. The van der Waals surface area contributed by atoms with Gasteiger partial charge in [-0.25, -0.2) is 0 Å². The number of amides is 1. The molecule has 1 aliphatic carbocycles. The molecule has 0 bridgehead atoms. The van der Waals surface area contributed by atoms with Crippen molar-refractivity contribution in [2.45, 2.75) is 44.6 Å². The molecule has 0 aliphatic heterocycles. The molecule has 0 radical (unpaired) electrons. The van der Waals surface area contributed by atoms with Crippen molar-refractivity contribution in [2.75, 3.05) is 7.11 Å². The van der Waals surface area contributed by atoms with Crippen molar-refractivity contribution in [3.05, 3.63) is 65.2 Å². The lowest BCUT2D eigenvalue weighted by molar-refractivity contribution is 0.0930. The Morgan fingerprint density at radius 1 is 1.04 bits per heavy atom. The van der Waals surface area contributed by atoms with Gasteiger partial charge in [0.25, 0.3) is 5.91 Å². The van der Waals surface area contributed by atoms with Crippen LogP contribution in [-0.2, 0) is 11.0 Å². The molecule has 2 aromatic rings. The molecule has 3 nitrogen and oxygen atoms in total. The van der Waals surface area contributed by atoms with Gasteiger partial charge in [-0.2, -0.15) is 0 Å². The van der Waals surface area contributed by atoms with Crippen molar-refractivity contribution < 1.29 is 9.53 Å². The molecule has 1 fully saturated rings. The van der Waals surface area contributed by atoms with Crippen LogP contribution in [0, 0.1) is 0 Å². The van der Waals surface area contributed by atoms with Gasteiger partial charge in [-0.15, -0.1) is 0 Å². The molecule has 0 heterocycles. The standard InChI is InChI=1S/C21H25NO2/c1-20(2,3)16-11-9-15(10-12-16)19(23)22-21(13-14-21)17-7-5-6-8-18(17)24-4/h5-12H,13-14H2,1-4H3,(H,22,23). The number of benzene rings is 2. The monoisotopic (exact) mass is 323 g/mol. The normalized spacial score (nSPS) is 15.7. The molecule has 2 aromatic carbocycles. The molecule has 3 rings (SSSR count). The van der Waals surface area contributed by atoms with E-state index in [-0.39, 0.29) is 16.9 Å². The van der Waals surface area contributed by atoms with Gasteiger partial charge >= 0.3 is 0 Å². The van der Waals surface area contributed by atoms with Crippen LogP contribution in [0.5, 0.6) is 5.75 Å². The highest BCUT2D eigenvalue weighted by molar-refractivity contribution is 5.95. The van der Waals surface area contributed by atoms with Crippen LogP contribution in [0.3, 0.4) is 0 Å². The van der Waals surface area contributed by atoms with Gasteiger partial charge in [0.2, 0.25) is 0 Å². The minimum Gasteiger partial charge on any atom is -0.496 e. The Balaban J connectivity index is 1.80. The summed E-state index contributed by atoms with van der Waals surface area (Å²) in [4.78, 5) is 12.7. The summed E-state index contributed by atoms with van der Waals surface area (Å²) >= 11 is 0. The summed E-state index contributed by atoms with van der Waals surface area (Å²) in [7, 11) is 1.67. The van der Waals surface area contributed by atoms with E-state index >= 15 is 0 Å². The van der Waals surface area contributed by atoms with Crippen molar-refractivity contribution in [3.8, 4) is 5.75 Å². The van der Waals surface area contributed by atoms with Gasteiger partial charge in [-0.05, 0) is 42.0 Å². The van der Waals surface area contributed by atoms with Crippen molar-refractivity contribution in [3.63, 3.8) is 0 Å². The van der Waals surface area contributed by atoms with E-state index in [0.29, 0.717) is 5.56 Å². The number of methoxy groups -OCH3 is 1. The molecule has 0 spiro atoms. The van der Waals surface area contributed by atoms with E-state index in [1.54, 1.807) is 7.11 Å². The molecule has 3 heteroatoms. The minimum atomic E-state index is -0.285. The molecule has 0 unspecified atom stereocenters. The molecule has 0 saturated heterocycles. The summed E-state index contributed by atoms with van der Waals surface area (Å²) in [5.74, 6) is 0.803. The smallest absolute Gasteiger partial charge is 0.251 e. The predicted molar refractivity (Wildman–Crippen MR) is 96.5 cm³/mol. The Morgan fingerprint density at radius 2 is 1.67 bits per heavy atom. The Labute approximate surface area is 144 Å². The highest BCUT2D eigenvalue weighted by atomic mass is 16.5. The number of carbonyl (C=O) groups is 1. The van der Waals surface area contributed by atoms with Gasteiger partial charge in [-0.3, -0.25) is 4.79 Å². The van der Waals surface area contributed by atoms with Crippen LogP contribution < -0.4 is 10.1 Å². The van der Waals surface area contributed by atoms with E-state index in [2.05, 4.69) is 26.1 Å². The third-order valence-corrected chi connectivity index (χ3v) is 4.74. The van der Waals surface area contributed by atoms with Gasteiger partial charge < -0.3 is 10.1 Å². The highest BCUT2D eigenvalue weighted by Crippen LogP contribution is 2.49. The first-order chi connectivity index (χ1) is 11.4. The Hall–Kier alpha value is -2.29. The largest absolute Gasteiger partial charge is 0.496 e. The zero-order chi connectivity index (χ0) is 17.4. The molecule has 1 N–H and O–H groups in total. The van der Waals surface area contributed by atoms with E-state index in [1.807, 2.05) is 48.5 Å². The molecule has 126 valence electrons. The maximum atomic E-state index is 12.7. The average Bonchev–Trinajstić information content (AvgIpc) is 3.34. The first-order valence-electron chi connectivity index (χ1n) is 8.42. The minimum absolute atomic E-state index is 0.0288. The van der Waals surface area contributed by atoms with E-state index in [0.717, 1.165) is 24.2 Å². The third-order valence-electron chi connectivity index (χ3n) is 4.74. The fraction of sp³-hybridized carbons (Fsp3) is 0.381. The summed E-state index contributed by atoms with van der Waals surface area (Å²) in [6.07, 6.45) is 1.89. The first-order valence-corrected chi connectivity index (χ1v) is 8.42. The lowest BCUT2D eigenvalue weighted by Gasteiger charge is -2.21. The average molecular weight is 323 g/mol. The topological polar surface area (TPSA) is 38.3 Å². The lowest BCUT2D eigenvalue weighted by atomic mass is 9.86. The van der Waals surface area contributed by atoms with E-state index in [4.69, 9.17) is 4.74 Å². The first kappa shape index (κ1) is 16.6. The van der Waals surface area contributed by atoms with Crippen molar-refractivity contribution in [1.29, 1.82) is 0 Å². The Kier molecular flexibility index (Phi) is 4.12.